The van der Waals surface area contributed by atoms with Gasteiger partial charge in [0.15, 0.2) is 5.69 Å². The predicted molar refractivity (Wildman–Crippen MR) is 106 cm³/mol. The smallest absolute Gasteiger partial charge is 0.291 e. The fourth-order valence-corrected chi connectivity index (χ4v) is 3.04. The molecule has 6 heteroatoms. The third-order valence-electron chi connectivity index (χ3n) is 4.32. The van der Waals surface area contributed by atoms with E-state index in [1.54, 1.807) is 12.3 Å². The minimum Gasteiger partial charge on any atom is -0.342 e. The van der Waals surface area contributed by atoms with Crippen LogP contribution in [-0.4, -0.2) is 26.9 Å². The van der Waals surface area contributed by atoms with E-state index in [1.165, 1.54) is 5.56 Å². The van der Waals surface area contributed by atoms with Gasteiger partial charge in [0.2, 0.25) is 0 Å². The molecule has 0 bridgehead atoms. The summed E-state index contributed by atoms with van der Waals surface area (Å²) in [6.45, 7) is 2.61. The fraction of sp³-hybridized carbons (Fsp3) is 0.0952. The number of amides is 1. The van der Waals surface area contributed by atoms with Crippen LogP contribution in [0.1, 0.15) is 27.3 Å². The van der Waals surface area contributed by atoms with Crippen molar-refractivity contribution in [2.24, 2.45) is 5.10 Å². The number of hydrogen-bond donors (Lipinski definition) is 2. The van der Waals surface area contributed by atoms with E-state index >= 15 is 0 Å². The minimum atomic E-state index is -0.344. The molecular weight excluding hydrogens is 338 g/mol. The number of fused-ring (bicyclic) bond motifs is 1. The number of benzene rings is 2. The highest BCUT2D eigenvalue weighted by Gasteiger charge is 2.09. The van der Waals surface area contributed by atoms with E-state index in [4.69, 9.17) is 0 Å². The molecule has 0 radical (unpaired) electrons. The first-order valence-electron chi connectivity index (χ1n) is 8.68. The van der Waals surface area contributed by atoms with Gasteiger partial charge < -0.3 is 4.57 Å². The van der Waals surface area contributed by atoms with Crippen LogP contribution in [0.15, 0.2) is 72.0 Å². The molecule has 0 aliphatic heterocycles. The van der Waals surface area contributed by atoms with Crippen LogP contribution in [-0.2, 0) is 6.54 Å². The van der Waals surface area contributed by atoms with Gasteiger partial charge in [0, 0.05) is 34.9 Å². The lowest BCUT2D eigenvalue weighted by atomic mass is 10.2. The molecule has 27 heavy (non-hydrogen) atoms. The van der Waals surface area contributed by atoms with Crippen LogP contribution in [0.5, 0.6) is 0 Å². The maximum absolute atomic E-state index is 12.0. The van der Waals surface area contributed by atoms with Crippen molar-refractivity contribution in [2.45, 2.75) is 13.5 Å². The van der Waals surface area contributed by atoms with Gasteiger partial charge in [-0.15, -0.1) is 0 Å². The molecule has 4 rings (SSSR count). The van der Waals surface area contributed by atoms with Crippen molar-refractivity contribution in [3.8, 4) is 0 Å². The number of hydrogen-bond acceptors (Lipinski definition) is 3. The third kappa shape index (κ3) is 3.64. The Morgan fingerprint density at radius 1 is 1.19 bits per heavy atom. The lowest BCUT2D eigenvalue weighted by Gasteiger charge is -2.05. The Morgan fingerprint density at radius 2 is 1.96 bits per heavy atom. The molecular formula is C21H19N5O. The molecule has 0 unspecified atom stereocenters. The monoisotopic (exact) mass is 357 g/mol. The highest BCUT2D eigenvalue weighted by atomic mass is 16.2. The average Bonchev–Trinajstić information content (AvgIpc) is 3.27. The lowest BCUT2D eigenvalue weighted by molar-refractivity contribution is 0.0950. The zero-order valence-corrected chi connectivity index (χ0v) is 14.9. The number of para-hydroxylation sites is 1. The Hall–Kier alpha value is -3.67. The predicted octanol–water partition coefficient (Wildman–Crippen LogP) is 3.49. The van der Waals surface area contributed by atoms with E-state index in [1.807, 2.05) is 43.5 Å². The first-order valence-corrected chi connectivity index (χ1v) is 8.68. The maximum Gasteiger partial charge on any atom is 0.291 e. The summed E-state index contributed by atoms with van der Waals surface area (Å²) in [4.78, 5) is 12.0. The second-order valence-corrected chi connectivity index (χ2v) is 6.35. The molecule has 0 spiro atoms. The number of nitrogens with zero attached hydrogens (tertiary/aromatic N) is 3. The molecule has 0 saturated heterocycles. The molecule has 0 fully saturated rings. The van der Waals surface area contributed by atoms with Crippen molar-refractivity contribution in [1.29, 1.82) is 0 Å². The first-order chi connectivity index (χ1) is 13.2. The highest BCUT2D eigenvalue weighted by molar-refractivity contribution is 6.00. The quantitative estimate of drug-likeness (QED) is 0.424. The summed E-state index contributed by atoms with van der Waals surface area (Å²) in [6, 6.07) is 20.1. The Morgan fingerprint density at radius 3 is 2.74 bits per heavy atom. The minimum absolute atomic E-state index is 0.316. The Kier molecular flexibility index (Phi) is 4.53. The fourth-order valence-electron chi connectivity index (χ4n) is 3.04. The molecule has 0 aliphatic rings. The van der Waals surface area contributed by atoms with Gasteiger partial charge in [0.1, 0.15) is 0 Å². The number of carbonyl (C=O) groups is 1. The van der Waals surface area contributed by atoms with Gasteiger partial charge in [-0.05, 0) is 24.6 Å². The van der Waals surface area contributed by atoms with Crippen LogP contribution in [0.4, 0.5) is 0 Å². The number of H-pyrrole nitrogens is 1. The van der Waals surface area contributed by atoms with Crippen molar-refractivity contribution < 1.29 is 4.79 Å². The molecule has 2 aromatic heterocycles. The standard InChI is InChI=1S/C21H19N5O/c1-15-11-19(24-23-15)21(27)25-22-12-17-14-26(13-16-7-3-2-4-8-16)20-10-6-5-9-18(17)20/h2-12,14H,13H2,1H3,(H,23,24)(H,25,27)/b22-12+. The van der Waals surface area contributed by atoms with Gasteiger partial charge in [-0.2, -0.15) is 10.2 Å². The maximum atomic E-state index is 12.0. The summed E-state index contributed by atoms with van der Waals surface area (Å²) in [7, 11) is 0. The molecule has 6 nitrogen and oxygen atoms in total. The number of hydrazone groups is 1. The van der Waals surface area contributed by atoms with Crippen molar-refractivity contribution in [3.05, 3.63) is 89.4 Å². The van der Waals surface area contributed by atoms with Gasteiger partial charge in [0.25, 0.3) is 5.91 Å². The van der Waals surface area contributed by atoms with Gasteiger partial charge in [-0.25, -0.2) is 5.43 Å². The second-order valence-electron chi connectivity index (χ2n) is 6.35. The Labute approximate surface area is 156 Å². The molecule has 2 aromatic carbocycles. The zero-order valence-electron chi connectivity index (χ0n) is 14.9. The van der Waals surface area contributed by atoms with Crippen LogP contribution in [0.3, 0.4) is 0 Å². The number of rotatable bonds is 5. The molecule has 0 saturated carbocycles. The van der Waals surface area contributed by atoms with Gasteiger partial charge >= 0.3 is 0 Å². The molecule has 0 atom stereocenters. The summed E-state index contributed by atoms with van der Waals surface area (Å²) in [5.41, 5.74) is 6.96. The summed E-state index contributed by atoms with van der Waals surface area (Å²) in [6.07, 6.45) is 3.72. The molecule has 0 aliphatic carbocycles. The highest BCUT2D eigenvalue weighted by Crippen LogP contribution is 2.21. The summed E-state index contributed by atoms with van der Waals surface area (Å²) < 4.78 is 2.19. The van der Waals surface area contributed by atoms with E-state index in [2.05, 4.69) is 49.6 Å². The SMILES string of the molecule is Cc1cc(C(=O)N/N=C/c2cn(Cc3ccccc3)c3ccccc23)n[nH]1. The van der Waals surface area contributed by atoms with E-state index in [9.17, 15) is 4.79 Å². The lowest BCUT2D eigenvalue weighted by Crippen LogP contribution is -2.17. The normalized spacial score (nSPS) is 11.3. The van der Waals surface area contributed by atoms with Gasteiger partial charge in [-0.3, -0.25) is 9.89 Å². The Bertz CT molecular complexity index is 1110. The first kappa shape index (κ1) is 16.8. The summed E-state index contributed by atoms with van der Waals surface area (Å²) >= 11 is 0. The van der Waals surface area contributed by atoms with Gasteiger partial charge in [-0.1, -0.05) is 48.5 Å². The van der Waals surface area contributed by atoms with E-state index in [0.29, 0.717) is 5.69 Å². The van der Waals surface area contributed by atoms with E-state index in [0.717, 1.165) is 28.7 Å². The number of aromatic amines is 1. The van der Waals surface area contributed by atoms with E-state index in [-0.39, 0.29) is 5.91 Å². The van der Waals surface area contributed by atoms with Gasteiger partial charge in [0.05, 0.1) is 6.21 Å². The number of aromatic nitrogens is 3. The van der Waals surface area contributed by atoms with Crippen LogP contribution in [0.25, 0.3) is 10.9 Å². The van der Waals surface area contributed by atoms with Crippen LogP contribution < -0.4 is 5.43 Å². The molecule has 2 heterocycles. The van der Waals surface area contributed by atoms with E-state index < -0.39 is 0 Å². The van der Waals surface area contributed by atoms with Crippen molar-refractivity contribution in [2.75, 3.05) is 0 Å². The zero-order chi connectivity index (χ0) is 18.6. The second kappa shape index (κ2) is 7.29. The molecule has 1 amide bonds. The molecule has 2 N–H and O–H groups in total. The van der Waals surface area contributed by atoms with Crippen LogP contribution >= 0.6 is 0 Å². The topological polar surface area (TPSA) is 75.1 Å². The number of carbonyl (C=O) groups excluding carboxylic acids is 1. The third-order valence-corrected chi connectivity index (χ3v) is 4.32. The Balaban J connectivity index is 1.57. The van der Waals surface area contributed by atoms with Crippen LogP contribution in [0.2, 0.25) is 0 Å². The summed E-state index contributed by atoms with van der Waals surface area (Å²) in [5.74, 6) is -0.344. The molecule has 134 valence electrons. The number of nitrogens with one attached hydrogen (secondary N) is 2. The van der Waals surface area contributed by atoms with Crippen molar-refractivity contribution in [1.82, 2.24) is 20.2 Å². The number of aryl methyl sites for hydroxylation is 1. The largest absolute Gasteiger partial charge is 0.342 e. The average molecular weight is 357 g/mol. The van der Waals surface area contributed by atoms with Crippen LogP contribution in [0, 0.1) is 6.92 Å². The van der Waals surface area contributed by atoms with Crippen molar-refractivity contribution >= 4 is 23.0 Å². The van der Waals surface area contributed by atoms with Crippen molar-refractivity contribution in [3.63, 3.8) is 0 Å². The summed E-state index contributed by atoms with van der Waals surface area (Å²) in [5, 5.41) is 11.9. The molecule has 4 aromatic rings.